The fourth-order valence-electron chi connectivity index (χ4n) is 4.33. The predicted molar refractivity (Wildman–Crippen MR) is 115 cm³/mol. The fourth-order valence-corrected chi connectivity index (χ4v) is 4.33. The van der Waals surface area contributed by atoms with Crippen molar-refractivity contribution >= 4 is 11.5 Å². The number of alkyl halides is 3. The lowest BCUT2D eigenvalue weighted by molar-refractivity contribution is -0.174. The molecule has 0 radical (unpaired) electrons. The highest BCUT2D eigenvalue weighted by molar-refractivity contribution is 6.01. The van der Waals surface area contributed by atoms with E-state index in [0.717, 1.165) is 31.9 Å². The zero-order chi connectivity index (χ0) is 21.9. The summed E-state index contributed by atoms with van der Waals surface area (Å²) in [6.07, 6.45) is -5.01. The van der Waals surface area contributed by atoms with Crippen LogP contribution in [0.3, 0.4) is 0 Å². The number of hydrogen-bond donors (Lipinski definition) is 1. The van der Waals surface area contributed by atoms with E-state index in [0.29, 0.717) is 16.7 Å². The van der Waals surface area contributed by atoms with Gasteiger partial charge in [-0.15, -0.1) is 0 Å². The number of benzene rings is 3. The zero-order valence-corrected chi connectivity index (χ0v) is 16.9. The van der Waals surface area contributed by atoms with Crippen LogP contribution in [0.15, 0.2) is 84.9 Å². The van der Waals surface area contributed by atoms with Crippen molar-refractivity contribution in [2.75, 3.05) is 31.1 Å². The van der Waals surface area contributed by atoms with Gasteiger partial charge in [-0.1, -0.05) is 72.8 Å². The summed E-state index contributed by atoms with van der Waals surface area (Å²) in [6.45, 7) is 3.35. The van der Waals surface area contributed by atoms with Crippen LogP contribution in [0.1, 0.15) is 16.7 Å². The summed E-state index contributed by atoms with van der Waals surface area (Å²) >= 11 is 0. The van der Waals surface area contributed by atoms with Crippen molar-refractivity contribution in [1.29, 1.82) is 0 Å². The zero-order valence-electron chi connectivity index (χ0n) is 16.9. The topological polar surface area (TPSA) is 32.3 Å². The monoisotopic (exact) mass is 424 g/mol. The van der Waals surface area contributed by atoms with Crippen LogP contribution in [-0.2, 0) is 10.2 Å². The van der Waals surface area contributed by atoms with Gasteiger partial charge in [-0.2, -0.15) is 13.2 Å². The van der Waals surface area contributed by atoms with E-state index in [-0.39, 0.29) is 0 Å². The number of hydrogen-bond acceptors (Lipinski definition) is 3. The number of nitrogens with one attached hydrogen (secondary N) is 1. The molecule has 0 bridgehead atoms. The van der Waals surface area contributed by atoms with Crippen molar-refractivity contribution in [3.05, 3.63) is 102 Å². The Morgan fingerprint density at radius 1 is 0.710 bits per heavy atom. The van der Waals surface area contributed by atoms with Crippen molar-refractivity contribution in [3.63, 3.8) is 0 Å². The molecule has 1 N–H and O–H groups in total. The van der Waals surface area contributed by atoms with Crippen LogP contribution in [0.2, 0.25) is 0 Å². The van der Waals surface area contributed by atoms with Gasteiger partial charge in [-0.25, -0.2) is 0 Å². The van der Waals surface area contributed by atoms with E-state index in [1.807, 2.05) is 12.1 Å². The minimum atomic E-state index is -5.01. The van der Waals surface area contributed by atoms with Gasteiger partial charge < -0.3 is 10.2 Å². The lowest BCUT2D eigenvalue weighted by Gasteiger charge is -2.35. The maximum Gasteiger partial charge on any atom is 0.451 e. The van der Waals surface area contributed by atoms with E-state index in [4.69, 9.17) is 0 Å². The summed E-state index contributed by atoms with van der Waals surface area (Å²) < 4.78 is 42.0. The molecule has 1 heterocycles. The summed E-state index contributed by atoms with van der Waals surface area (Å²) in [6, 6.07) is 23.4. The van der Waals surface area contributed by atoms with Crippen LogP contribution < -0.4 is 10.2 Å². The number of nitrogens with zero attached hydrogens (tertiary/aromatic N) is 1. The summed E-state index contributed by atoms with van der Waals surface area (Å²) in [5, 5.41) is 3.28. The lowest BCUT2D eigenvalue weighted by atomic mass is 9.66. The Labute approximate surface area is 179 Å². The minimum Gasteiger partial charge on any atom is -0.369 e. The Hall–Kier alpha value is -3.12. The number of piperazine rings is 1. The van der Waals surface area contributed by atoms with E-state index < -0.39 is 17.4 Å². The highest BCUT2D eigenvalue weighted by Crippen LogP contribution is 2.44. The molecule has 0 unspecified atom stereocenters. The molecule has 1 fully saturated rings. The molecule has 1 aliphatic heterocycles. The fraction of sp³-hybridized carbons (Fsp3) is 0.240. The smallest absolute Gasteiger partial charge is 0.369 e. The van der Waals surface area contributed by atoms with Crippen LogP contribution in [0, 0.1) is 0 Å². The van der Waals surface area contributed by atoms with Gasteiger partial charge in [0.2, 0.25) is 0 Å². The molecular formula is C25H23F3N2O. The van der Waals surface area contributed by atoms with Crippen molar-refractivity contribution in [2.45, 2.75) is 11.6 Å². The van der Waals surface area contributed by atoms with Crippen LogP contribution in [0.4, 0.5) is 18.9 Å². The number of halogens is 3. The Morgan fingerprint density at radius 2 is 1.16 bits per heavy atom. The summed E-state index contributed by atoms with van der Waals surface area (Å²) in [5.74, 6) is -1.80. The van der Waals surface area contributed by atoms with E-state index in [1.165, 1.54) is 0 Å². The second kappa shape index (κ2) is 8.55. The summed E-state index contributed by atoms with van der Waals surface area (Å²) in [7, 11) is 0. The molecule has 0 atom stereocenters. The molecule has 0 amide bonds. The Kier molecular flexibility index (Phi) is 5.83. The molecule has 6 heteroatoms. The second-order valence-corrected chi connectivity index (χ2v) is 7.59. The molecule has 0 aromatic heterocycles. The quantitative estimate of drug-likeness (QED) is 0.610. The predicted octanol–water partition coefficient (Wildman–Crippen LogP) is 4.56. The first-order chi connectivity index (χ1) is 14.9. The third kappa shape index (κ3) is 3.95. The number of Topliss-reactive ketones (excluding diaryl/α,β-unsaturated/α-hetero) is 1. The number of ketones is 1. The molecule has 31 heavy (non-hydrogen) atoms. The van der Waals surface area contributed by atoms with Gasteiger partial charge in [0.15, 0.2) is 0 Å². The molecule has 4 rings (SSSR count). The average molecular weight is 424 g/mol. The van der Waals surface area contributed by atoms with Crippen LogP contribution >= 0.6 is 0 Å². The molecule has 3 nitrogen and oxygen atoms in total. The maximum absolute atomic E-state index is 14.0. The van der Waals surface area contributed by atoms with Gasteiger partial charge in [0, 0.05) is 31.9 Å². The van der Waals surface area contributed by atoms with Crippen LogP contribution in [-0.4, -0.2) is 38.1 Å². The summed E-state index contributed by atoms with van der Waals surface area (Å²) in [5.41, 5.74) is -0.175. The molecule has 3 aromatic rings. The van der Waals surface area contributed by atoms with Crippen molar-refractivity contribution in [2.24, 2.45) is 0 Å². The second-order valence-electron chi connectivity index (χ2n) is 7.59. The number of rotatable bonds is 5. The molecule has 160 valence electrons. The standard InChI is InChI=1S/C25H23F3N2O/c26-25(27,28)23(31)24(19-7-3-1-4-8-19,20-9-5-2-6-10-20)21-11-13-22(14-12-21)30-17-15-29-16-18-30/h1-14,29H,15-18H2. The first kappa shape index (κ1) is 21.1. The van der Waals surface area contributed by atoms with E-state index >= 15 is 0 Å². The van der Waals surface area contributed by atoms with E-state index in [2.05, 4.69) is 10.2 Å². The van der Waals surface area contributed by atoms with Gasteiger partial charge in [0.05, 0.1) is 0 Å². The highest BCUT2D eigenvalue weighted by atomic mass is 19.4. The molecule has 0 spiro atoms. The van der Waals surface area contributed by atoms with Crippen molar-refractivity contribution in [3.8, 4) is 0 Å². The molecule has 0 aliphatic carbocycles. The largest absolute Gasteiger partial charge is 0.451 e. The van der Waals surface area contributed by atoms with Crippen molar-refractivity contribution < 1.29 is 18.0 Å². The van der Waals surface area contributed by atoms with E-state index in [1.54, 1.807) is 72.8 Å². The number of carbonyl (C=O) groups excluding carboxylic acids is 1. The molecule has 1 aliphatic rings. The normalized spacial score (nSPS) is 15.0. The molecule has 3 aromatic carbocycles. The lowest BCUT2D eigenvalue weighted by Crippen LogP contribution is -2.46. The Bertz CT molecular complexity index is 973. The SMILES string of the molecule is O=C(C(F)(F)F)C(c1ccccc1)(c1ccccc1)c1ccc(N2CCNCC2)cc1. The number of carbonyl (C=O) groups is 1. The first-order valence-corrected chi connectivity index (χ1v) is 10.2. The minimum absolute atomic E-state index is 0.290. The van der Waals surface area contributed by atoms with Gasteiger partial charge in [-0.3, -0.25) is 4.79 Å². The third-order valence-electron chi connectivity index (χ3n) is 5.79. The molecular weight excluding hydrogens is 401 g/mol. The van der Waals surface area contributed by atoms with Gasteiger partial charge >= 0.3 is 6.18 Å². The third-order valence-corrected chi connectivity index (χ3v) is 5.79. The average Bonchev–Trinajstić information content (AvgIpc) is 2.81. The molecule has 0 saturated carbocycles. The Balaban J connectivity index is 1.92. The summed E-state index contributed by atoms with van der Waals surface area (Å²) in [4.78, 5) is 15.3. The van der Waals surface area contributed by atoms with Gasteiger partial charge in [0.25, 0.3) is 5.78 Å². The van der Waals surface area contributed by atoms with Gasteiger partial charge in [-0.05, 0) is 28.8 Å². The van der Waals surface area contributed by atoms with Crippen LogP contribution in [0.5, 0.6) is 0 Å². The van der Waals surface area contributed by atoms with Gasteiger partial charge in [0.1, 0.15) is 5.41 Å². The Morgan fingerprint density at radius 3 is 1.61 bits per heavy atom. The first-order valence-electron chi connectivity index (χ1n) is 10.2. The van der Waals surface area contributed by atoms with E-state index in [9.17, 15) is 18.0 Å². The number of anilines is 1. The van der Waals surface area contributed by atoms with Crippen LogP contribution in [0.25, 0.3) is 0 Å². The highest BCUT2D eigenvalue weighted by Gasteiger charge is 2.55. The maximum atomic E-state index is 14.0. The van der Waals surface area contributed by atoms with Crippen molar-refractivity contribution in [1.82, 2.24) is 5.32 Å². The molecule has 1 saturated heterocycles.